The number of anilines is 1. The number of rotatable bonds is 7. The largest absolute Gasteiger partial charge is 0.494 e. The van der Waals surface area contributed by atoms with E-state index in [1.54, 1.807) is 30.3 Å². The van der Waals surface area contributed by atoms with Crippen LogP contribution in [0.4, 0.5) is 5.69 Å². The molecule has 6 heteroatoms. The Kier molecular flexibility index (Phi) is 6.56. The molecule has 1 amide bonds. The molecule has 1 N–H and O–H groups in total. The van der Waals surface area contributed by atoms with Gasteiger partial charge in [-0.05, 0) is 36.8 Å². The first-order valence-electron chi connectivity index (χ1n) is 7.19. The Bertz CT molecular complexity index is 677. The summed E-state index contributed by atoms with van der Waals surface area (Å²) in [4.78, 5) is 11.9. The summed E-state index contributed by atoms with van der Waals surface area (Å²) in [6, 6.07) is 12.0. The van der Waals surface area contributed by atoms with Gasteiger partial charge in [0.15, 0.2) is 6.61 Å². The molecule has 0 spiro atoms. The third-order valence-electron chi connectivity index (χ3n) is 2.84. The second-order valence-electron chi connectivity index (χ2n) is 4.79. The van der Waals surface area contributed by atoms with Crippen LogP contribution in [0.1, 0.15) is 13.3 Å². The van der Waals surface area contributed by atoms with Gasteiger partial charge < -0.3 is 14.8 Å². The Labute approximate surface area is 145 Å². The molecular formula is C17H17Cl2NO3. The average molecular weight is 354 g/mol. The summed E-state index contributed by atoms with van der Waals surface area (Å²) in [6.07, 6.45) is 0.923. The van der Waals surface area contributed by atoms with Crippen LogP contribution in [0.25, 0.3) is 0 Å². The van der Waals surface area contributed by atoms with Gasteiger partial charge in [0.1, 0.15) is 11.5 Å². The van der Waals surface area contributed by atoms with Crippen LogP contribution in [0, 0.1) is 0 Å². The molecule has 0 bridgehead atoms. The van der Waals surface area contributed by atoms with Crippen LogP contribution in [0.15, 0.2) is 42.5 Å². The highest BCUT2D eigenvalue weighted by Crippen LogP contribution is 2.27. The zero-order chi connectivity index (χ0) is 16.7. The molecule has 0 aliphatic carbocycles. The predicted molar refractivity (Wildman–Crippen MR) is 92.8 cm³/mol. The van der Waals surface area contributed by atoms with Crippen molar-refractivity contribution in [3.05, 3.63) is 52.5 Å². The number of hydrogen-bond acceptors (Lipinski definition) is 3. The highest BCUT2D eigenvalue weighted by molar-refractivity contribution is 6.35. The highest BCUT2D eigenvalue weighted by atomic mass is 35.5. The minimum atomic E-state index is -0.288. The first-order valence-corrected chi connectivity index (χ1v) is 7.94. The van der Waals surface area contributed by atoms with Crippen molar-refractivity contribution < 1.29 is 14.3 Å². The van der Waals surface area contributed by atoms with Crippen molar-refractivity contribution in [1.82, 2.24) is 0 Å². The van der Waals surface area contributed by atoms with E-state index in [1.807, 2.05) is 19.1 Å². The fraction of sp³-hybridized carbons (Fsp3) is 0.235. The first kappa shape index (κ1) is 17.4. The van der Waals surface area contributed by atoms with E-state index in [2.05, 4.69) is 5.32 Å². The lowest BCUT2D eigenvalue weighted by atomic mass is 10.3. The van der Waals surface area contributed by atoms with Gasteiger partial charge in [-0.25, -0.2) is 0 Å². The molecule has 0 aromatic heterocycles. The molecule has 0 aliphatic heterocycles. The summed E-state index contributed by atoms with van der Waals surface area (Å²) >= 11 is 11.8. The number of carbonyl (C=O) groups excluding carboxylic acids is 1. The molecule has 0 saturated carbocycles. The third-order valence-corrected chi connectivity index (χ3v) is 3.37. The van der Waals surface area contributed by atoms with E-state index in [1.165, 1.54) is 0 Å². The van der Waals surface area contributed by atoms with Crippen LogP contribution in [0.2, 0.25) is 10.0 Å². The van der Waals surface area contributed by atoms with Crippen LogP contribution >= 0.6 is 23.2 Å². The molecule has 0 saturated heterocycles. The maximum absolute atomic E-state index is 11.9. The predicted octanol–water partition coefficient (Wildman–Crippen LogP) is 4.80. The normalized spacial score (nSPS) is 10.2. The third kappa shape index (κ3) is 5.66. The van der Waals surface area contributed by atoms with Gasteiger partial charge in [-0.1, -0.05) is 36.2 Å². The van der Waals surface area contributed by atoms with Gasteiger partial charge in [0.05, 0.1) is 11.6 Å². The second kappa shape index (κ2) is 8.65. The van der Waals surface area contributed by atoms with Crippen LogP contribution in [0.5, 0.6) is 11.5 Å². The van der Waals surface area contributed by atoms with E-state index in [4.69, 9.17) is 32.7 Å². The molecule has 122 valence electrons. The van der Waals surface area contributed by atoms with Crippen molar-refractivity contribution in [2.75, 3.05) is 18.5 Å². The Hall–Kier alpha value is -1.91. The smallest absolute Gasteiger partial charge is 0.262 e. The summed E-state index contributed by atoms with van der Waals surface area (Å²) in [5.41, 5.74) is 0.648. The van der Waals surface area contributed by atoms with Crippen molar-refractivity contribution in [2.24, 2.45) is 0 Å². The zero-order valence-corrected chi connectivity index (χ0v) is 14.2. The topological polar surface area (TPSA) is 47.6 Å². The van der Waals surface area contributed by atoms with Gasteiger partial charge in [0.2, 0.25) is 0 Å². The molecule has 2 aromatic carbocycles. The number of benzene rings is 2. The van der Waals surface area contributed by atoms with E-state index in [-0.39, 0.29) is 12.5 Å². The Morgan fingerprint density at radius 3 is 2.70 bits per heavy atom. The quantitative estimate of drug-likeness (QED) is 0.777. The highest BCUT2D eigenvalue weighted by Gasteiger charge is 2.07. The van der Waals surface area contributed by atoms with Crippen molar-refractivity contribution in [1.29, 1.82) is 0 Å². The average Bonchev–Trinajstić information content (AvgIpc) is 2.52. The van der Waals surface area contributed by atoms with Crippen LogP contribution in [-0.2, 0) is 4.79 Å². The number of hydrogen-bond donors (Lipinski definition) is 1. The minimum Gasteiger partial charge on any atom is -0.494 e. The summed E-state index contributed by atoms with van der Waals surface area (Å²) in [6.45, 7) is 2.52. The van der Waals surface area contributed by atoms with E-state index in [0.29, 0.717) is 33.8 Å². The standard InChI is InChI=1S/C17H17Cl2NO3/c1-2-8-22-14-5-3-4-13(10-14)20-17(21)11-23-16-7-6-12(18)9-15(16)19/h3-7,9-10H,2,8,11H2,1H3,(H,20,21). The Balaban J connectivity index is 1.89. The lowest BCUT2D eigenvalue weighted by Crippen LogP contribution is -2.20. The molecule has 2 rings (SSSR count). The van der Waals surface area contributed by atoms with Crippen molar-refractivity contribution in [3.8, 4) is 11.5 Å². The lowest BCUT2D eigenvalue weighted by Gasteiger charge is -2.10. The summed E-state index contributed by atoms with van der Waals surface area (Å²) in [5.74, 6) is 0.834. The van der Waals surface area contributed by atoms with Gasteiger partial charge in [-0.2, -0.15) is 0 Å². The summed E-state index contributed by atoms with van der Waals surface area (Å²) < 4.78 is 10.9. The lowest BCUT2D eigenvalue weighted by molar-refractivity contribution is -0.118. The molecule has 0 atom stereocenters. The molecule has 4 nitrogen and oxygen atoms in total. The minimum absolute atomic E-state index is 0.151. The van der Waals surface area contributed by atoms with Crippen molar-refractivity contribution in [2.45, 2.75) is 13.3 Å². The SMILES string of the molecule is CCCOc1cccc(NC(=O)COc2ccc(Cl)cc2Cl)c1. The molecule has 0 heterocycles. The Morgan fingerprint density at radius 1 is 1.13 bits per heavy atom. The summed E-state index contributed by atoms with van der Waals surface area (Å²) in [5, 5.41) is 3.62. The molecular weight excluding hydrogens is 337 g/mol. The zero-order valence-electron chi connectivity index (χ0n) is 12.6. The maximum Gasteiger partial charge on any atom is 0.262 e. The van der Waals surface area contributed by atoms with Crippen LogP contribution < -0.4 is 14.8 Å². The first-order chi connectivity index (χ1) is 11.1. The van der Waals surface area contributed by atoms with E-state index < -0.39 is 0 Å². The number of nitrogens with one attached hydrogen (secondary N) is 1. The van der Waals surface area contributed by atoms with Crippen LogP contribution in [0.3, 0.4) is 0 Å². The number of ether oxygens (including phenoxy) is 2. The number of amides is 1. The fourth-order valence-corrected chi connectivity index (χ4v) is 2.28. The molecule has 23 heavy (non-hydrogen) atoms. The molecule has 0 fully saturated rings. The molecule has 2 aromatic rings. The summed E-state index contributed by atoms with van der Waals surface area (Å²) in [7, 11) is 0. The number of halogens is 2. The molecule has 0 aliphatic rings. The molecule has 0 unspecified atom stereocenters. The second-order valence-corrected chi connectivity index (χ2v) is 5.63. The van der Waals surface area contributed by atoms with E-state index in [9.17, 15) is 4.79 Å². The van der Waals surface area contributed by atoms with Gasteiger partial charge in [-0.3, -0.25) is 4.79 Å². The fourth-order valence-electron chi connectivity index (χ4n) is 1.82. The van der Waals surface area contributed by atoms with Gasteiger partial charge >= 0.3 is 0 Å². The maximum atomic E-state index is 11.9. The van der Waals surface area contributed by atoms with Gasteiger partial charge in [0, 0.05) is 16.8 Å². The van der Waals surface area contributed by atoms with Crippen molar-refractivity contribution in [3.63, 3.8) is 0 Å². The monoisotopic (exact) mass is 353 g/mol. The molecule has 0 radical (unpaired) electrons. The van der Waals surface area contributed by atoms with E-state index in [0.717, 1.165) is 6.42 Å². The van der Waals surface area contributed by atoms with Crippen LogP contribution in [-0.4, -0.2) is 19.1 Å². The van der Waals surface area contributed by atoms with E-state index >= 15 is 0 Å². The number of carbonyl (C=O) groups is 1. The van der Waals surface area contributed by atoms with Gasteiger partial charge in [0.25, 0.3) is 5.91 Å². The van der Waals surface area contributed by atoms with Crippen molar-refractivity contribution >= 4 is 34.8 Å². The van der Waals surface area contributed by atoms with Gasteiger partial charge in [-0.15, -0.1) is 0 Å². The Morgan fingerprint density at radius 2 is 1.96 bits per heavy atom.